The van der Waals surface area contributed by atoms with Crippen molar-refractivity contribution in [2.45, 2.75) is 32.1 Å². The Morgan fingerprint density at radius 1 is 1.26 bits per heavy atom. The Bertz CT molecular complexity index is 1300. The van der Waals surface area contributed by atoms with Gasteiger partial charge in [-0.05, 0) is 38.1 Å². The summed E-state index contributed by atoms with van der Waals surface area (Å²) in [5.74, 6) is -0.390. The first-order chi connectivity index (χ1) is 15.0. The van der Waals surface area contributed by atoms with Crippen LogP contribution in [0.2, 0.25) is 0 Å². The summed E-state index contributed by atoms with van der Waals surface area (Å²) >= 11 is 1.10. The van der Waals surface area contributed by atoms with Crippen LogP contribution in [0, 0.1) is 12.7 Å². The molecule has 0 saturated heterocycles. The van der Waals surface area contributed by atoms with E-state index in [1.165, 1.54) is 23.0 Å². The fourth-order valence-electron chi connectivity index (χ4n) is 3.20. The van der Waals surface area contributed by atoms with Crippen LogP contribution in [-0.2, 0) is 17.9 Å². The van der Waals surface area contributed by atoms with Crippen molar-refractivity contribution in [2.75, 3.05) is 11.1 Å². The summed E-state index contributed by atoms with van der Waals surface area (Å²) in [6.45, 7) is 4.38. The summed E-state index contributed by atoms with van der Waals surface area (Å²) in [4.78, 5) is 30.3. The number of hydrogen-bond acceptors (Lipinski definition) is 6. The molecule has 3 aromatic heterocycles. The van der Waals surface area contributed by atoms with Crippen LogP contribution in [0.5, 0.6) is 0 Å². The Kier molecular flexibility index (Phi) is 5.90. The van der Waals surface area contributed by atoms with Crippen molar-refractivity contribution in [2.24, 2.45) is 0 Å². The third-order valence-electron chi connectivity index (χ3n) is 4.66. The van der Waals surface area contributed by atoms with Crippen LogP contribution in [0.15, 0.2) is 57.0 Å². The first-order valence-corrected chi connectivity index (χ1v) is 10.6. The minimum Gasteiger partial charge on any atom is -0.467 e. The van der Waals surface area contributed by atoms with Crippen molar-refractivity contribution in [3.05, 3.63) is 70.3 Å². The fourth-order valence-corrected chi connectivity index (χ4v) is 4.00. The highest BCUT2D eigenvalue weighted by molar-refractivity contribution is 7.99. The molecule has 31 heavy (non-hydrogen) atoms. The van der Waals surface area contributed by atoms with Crippen LogP contribution >= 0.6 is 11.8 Å². The number of carbonyl (C=O) groups excluding carboxylic acids is 1. The summed E-state index contributed by atoms with van der Waals surface area (Å²) < 4.78 is 22.3. The summed E-state index contributed by atoms with van der Waals surface area (Å²) in [6.07, 6.45) is 1.53. The van der Waals surface area contributed by atoms with Gasteiger partial charge in [-0.15, -0.1) is 0 Å². The number of nitrogens with zero attached hydrogens (tertiary/aromatic N) is 4. The van der Waals surface area contributed by atoms with Gasteiger partial charge in [-0.3, -0.25) is 18.8 Å². The second-order valence-corrected chi connectivity index (χ2v) is 7.72. The number of carbonyl (C=O) groups is 1. The summed E-state index contributed by atoms with van der Waals surface area (Å²) in [6, 6.07) is 9.44. The molecule has 1 amide bonds. The minimum atomic E-state index is -0.516. The largest absolute Gasteiger partial charge is 0.467 e. The Labute approximate surface area is 181 Å². The molecule has 0 fully saturated rings. The predicted molar refractivity (Wildman–Crippen MR) is 116 cm³/mol. The standard InChI is InChI=1S/C21H20FN5O3S/c1-3-27-19-18(13(2)25-27)24-21(26(20(19)29)11-14-7-6-10-30-14)31-12-17(28)23-16-9-5-4-8-15(16)22/h4-10H,3,11-12H2,1-2H3,(H,23,28). The topological polar surface area (TPSA) is 95.0 Å². The zero-order valence-electron chi connectivity index (χ0n) is 17.0. The maximum absolute atomic E-state index is 13.8. The highest BCUT2D eigenvalue weighted by atomic mass is 32.2. The number of furan rings is 1. The highest BCUT2D eigenvalue weighted by Crippen LogP contribution is 2.22. The first kappa shape index (κ1) is 20.9. The van der Waals surface area contributed by atoms with Crippen LogP contribution in [-0.4, -0.2) is 31.0 Å². The molecule has 0 bridgehead atoms. The molecule has 0 radical (unpaired) electrons. The smallest absolute Gasteiger partial charge is 0.280 e. The third-order valence-corrected chi connectivity index (χ3v) is 5.63. The molecule has 160 valence electrons. The maximum Gasteiger partial charge on any atom is 0.280 e. The second kappa shape index (κ2) is 8.76. The number of hydrogen-bond donors (Lipinski definition) is 1. The molecule has 0 unspecified atom stereocenters. The number of fused-ring (bicyclic) bond motifs is 1. The van der Waals surface area contributed by atoms with Crippen LogP contribution in [0.25, 0.3) is 11.0 Å². The van der Waals surface area contributed by atoms with Gasteiger partial charge in [-0.2, -0.15) is 5.10 Å². The summed E-state index contributed by atoms with van der Waals surface area (Å²) in [5.41, 5.74) is 1.38. The molecule has 0 saturated carbocycles. The average molecular weight is 441 g/mol. The molecule has 0 aliphatic rings. The number of halogens is 1. The number of benzene rings is 1. The van der Waals surface area contributed by atoms with Gasteiger partial charge < -0.3 is 9.73 Å². The zero-order chi connectivity index (χ0) is 22.0. The quantitative estimate of drug-likeness (QED) is 0.349. The fraction of sp³-hybridized carbons (Fsp3) is 0.238. The van der Waals surface area contributed by atoms with E-state index in [0.29, 0.717) is 34.2 Å². The molecular formula is C21H20FN5O3S. The van der Waals surface area contributed by atoms with Crippen molar-refractivity contribution in [1.29, 1.82) is 0 Å². The van der Waals surface area contributed by atoms with Gasteiger partial charge in [0.25, 0.3) is 5.56 Å². The molecule has 10 heteroatoms. The van der Waals surface area contributed by atoms with Gasteiger partial charge in [0.05, 0.1) is 29.9 Å². The van der Waals surface area contributed by atoms with Crippen molar-refractivity contribution in [3.63, 3.8) is 0 Å². The Hall–Kier alpha value is -3.40. The Balaban J connectivity index is 1.67. The third kappa shape index (κ3) is 4.24. The molecule has 0 aliphatic carbocycles. The van der Waals surface area contributed by atoms with Gasteiger partial charge >= 0.3 is 0 Å². The lowest BCUT2D eigenvalue weighted by atomic mass is 10.3. The number of anilines is 1. The second-order valence-electron chi connectivity index (χ2n) is 6.78. The van der Waals surface area contributed by atoms with E-state index in [9.17, 15) is 14.0 Å². The van der Waals surface area contributed by atoms with Crippen molar-refractivity contribution in [3.8, 4) is 0 Å². The molecule has 4 rings (SSSR count). The van der Waals surface area contributed by atoms with Gasteiger partial charge in [0.2, 0.25) is 5.91 Å². The van der Waals surface area contributed by atoms with Crippen LogP contribution in [0.1, 0.15) is 18.4 Å². The predicted octanol–water partition coefficient (Wildman–Crippen LogP) is 3.43. The van der Waals surface area contributed by atoms with Crippen molar-refractivity contribution < 1.29 is 13.6 Å². The number of para-hydroxylation sites is 1. The molecule has 0 atom stereocenters. The molecule has 0 spiro atoms. The van der Waals surface area contributed by atoms with E-state index in [1.54, 1.807) is 35.9 Å². The number of thioether (sulfide) groups is 1. The molecule has 4 aromatic rings. The first-order valence-electron chi connectivity index (χ1n) is 9.65. The van der Waals surface area contributed by atoms with Gasteiger partial charge in [-0.1, -0.05) is 23.9 Å². The summed E-state index contributed by atoms with van der Waals surface area (Å²) in [7, 11) is 0. The van der Waals surface area contributed by atoms with Gasteiger partial charge in [-0.25, -0.2) is 9.37 Å². The maximum atomic E-state index is 13.8. The number of nitrogens with one attached hydrogen (secondary N) is 1. The normalized spacial score (nSPS) is 11.2. The van der Waals surface area contributed by atoms with Gasteiger partial charge in [0, 0.05) is 6.54 Å². The number of aryl methyl sites for hydroxylation is 2. The lowest BCUT2D eigenvalue weighted by molar-refractivity contribution is -0.113. The SMILES string of the molecule is CCn1nc(C)c2nc(SCC(=O)Nc3ccccc3F)n(Cc3ccco3)c(=O)c21. The lowest BCUT2D eigenvalue weighted by Crippen LogP contribution is -2.26. The molecule has 8 nitrogen and oxygen atoms in total. The number of rotatable bonds is 7. The molecule has 1 N–H and O–H groups in total. The van der Waals surface area contributed by atoms with Crippen LogP contribution in [0.3, 0.4) is 0 Å². The minimum absolute atomic E-state index is 0.0502. The van der Waals surface area contributed by atoms with Gasteiger partial charge in [0.1, 0.15) is 17.1 Å². The number of amides is 1. The van der Waals surface area contributed by atoms with Crippen molar-refractivity contribution >= 4 is 34.4 Å². The van der Waals surface area contributed by atoms with E-state index >= 15 is 0 Å². The van der Waals surface area contributed by atoms with E-state index in [1.807, 2.05) is 6.92 Å². The average Bonchev–Trinajstić information content (AvgIpc) is 3.38. The van der Waals surface area contributed by atoms with E-state index in [2.05, 4.69) is 15.4 Å². The molecule has 1 aromatic carbocycles. The summed E-state index contributed by atoms with van der Waals surface area (Å²) in [5, 5.41) is 7.29. The van der Waals surface area contributed by atoms with E-state index < -0.39 is 11.7 Å². The van der Waals surface area contributed by atoms with Crippen LogP contribution < -0.4 is 10.9 Å². The molecule has 3 heterocycles. The van der Waals surface area contributed by atoms with Crippen LogP contribution in [0.4, 0.5) is 10.1 Å². The monoisotopic (exact) mass is 441 g/mol. The van der Waals surface area contributed by atoms with Crippen molar-refractivity contribution in [1.82, 2.24) is 19.3 Å². The lowest BCUT2D eigenvalue weighted by Gasteiger charge is -2.12. The molecule has 0 aliphatic heterocycles. The van der Waals surface area contributed by atoms with Gasteiger partial charge in [0.15, 0.2) is 10.7 Å². The number of aromatic nitrogens is 4. The van der Waals surface area contributed by atoms with E-state index in [-0.39, 0.29) is 23.5 Å². The Morgan fingerprint density at radius 3 is 2.77 bits per heavy atom. The zero-order valence-corrected chi connectivity index (χ0v) is 17.8. The van der Waals surface area contributed by atoms with E-state index in [0.717, 1.165) is 11.8 Å². The van der Waals surface area contributed by atoms with E-state index in [4.69, 9.17) is 4.42 Å². The Morgan fingerprint density at radius 2 is 2.06 bits per heavy atom. The molecular weight excluding hydrogens is 421 g/mol. The highest BCUT2D eigenvalue weighted by Gasteiger charge is 2.20.